The molecule has 0 radical (unpaired) electrons. The van der Waals surface area contributed by atoms with Crippen LogP contribution in [0, 0.1) is 0 Å². The van der Waals surface area contributed by atoms with Crippen LogP contribution in [0.15, 0.2) is 36.7 Å². The second-order valence-corrected chi connectivity index (χ2v) is 4.38. The van der Waals surface area contributed by atoms with Crippen LogP contribution in [0.1, 0.15) is 20.7 Å². The van der Waals surface area contributed by atoms with Crippen molar-refractivity contribution in [3.63, 3.8) is 0 Å². The SMILES string of the molecule is CNc1cncc(Nc2ccc3c(c2)C(=O)NC3=O)c1. The maximum Gasteiger partial charge on any atom is 0.259 e. The second-order valence-electron chi connectivity index (χ2n) is 4.38. The fourth-order valence-electron chi connectivity index (χ4n) is 2.06. The Morgan fingerprint density at radius 3 is 2.50 bits per heavy atom. The lowest BCUT2D eigenvalue weighted by atomic mass is 10.1. The summed E-state index contributed by atoms with van der Waals surface area (Å²) in [7, 11) is 1.81. The van der Waals surface area contributed by atoms with Crippen LogP contribution in [0.4, 0.5) is 17.1 Å². The zero-order valence-electron chi connectivity index (χ0n) is 10.7. The van der Waals surface area contributed by atoms with E-state index in [2.05, 4.69) is 20.9 Å². The van der Waals surface area contributed by atoms with Gasteiger partial charge in [-0.25, -0.2) is 0 Å². The normalized spacial score (nSPS) is 12.8. The molecule has 20 heavy (non-hydrogen) atoms. The number of amides is 2. The summed E-state index contributed by atoms with van der Waals surface area (Å²) in [6.45, 7) is 0. The van der Waals surface area contributed by atoms with Crippen LogP contribution >= 0.6 is 0 Å². The van der Waals surface area contributed by atoms with Crippen molar-refractivity contribution in [3.05, 3.63) is 47.8 Å². The van der Waals surface area contributed by atoms with Gasteiger partial charge >= 0.3 is 0 Å². The lowest BCUT2D eigenvalue weighted by molar-refractivity contribution is 0.0879. The van der Waals surface area contributed by atoms with E-state index < -0.39 is 0 Å². The van der Waals surface area contributed by atoms with Crippen molar-refractivity contribution < 1.29 is 9.59 Å². The minimum absolute atomic E-state index is 0.351. The molecule has 6 nitrogen and oxygen atoms in total. The quantitative estimate of drug-likeness (QED) is 0.739. The first-order valence-corrected chi connectivity index (χ1v) is 6.07. The van der Waals surface area contributed by atoms with E-state index in [1.807, 2.05) is 13.1 Å². The van der Waals surface area contributed by atoms with Crippen molar-refractivity contribution in [2.24, 2.45) is 0 Å². The molecule has 0 aliphatic carbocycles. The standard InChI is InChI=1S/C14H12N4O2/c1-15-9-4-10(7-16-6-9)17-8-2-3-11-12(5-8)14(20)18-13(11)19/h2-7,15,17H,1H3,(H,18,19,20). The fourth-order valence-corrected chi connectivity index (χ4v) is 2.06. The zero-order chi connectivity index (χ0) is 14.1. The molecule has 0 saturated carbocycles. The summed E-state index contributed by atoms with van der Waals surface area (Å²) >= 11 is 0. The van der Waals surface area contributed by atoms with Crippen LogP contribution in [0.2, 0.25) is 0 Å². The zero-order valence-corrected chi connectivity index (χ0v) is 10.7. The molecule has 0 fully saturated rings. The Hall–Kier alpha value is -2.89. The van der Waals surface area contributed by atoms with Gasteiger partial charge in [-0.3, -0.25) is 19.9 Å². The van der Waals surface area contributed by atoms with Gasteiger partial charge < -0.3 is 10.6 Å². The molecule has 1 aliphatic rings. The molecule has 0 atom stereocenters. The third-order valence-corrected chi connectivity index (χ3v) is 3.05. The number of aromatic nitrogens is 1. The van der Waals surface area contributed by atoms with Crippen molar-refractivity contribution in [2.45, 2.75) is 0 Å². The fraction of sp³-hybridized carbons (Fsp3) is 0.0714. The van der Waals surface area contributed by atoms with E-state index in [0.29, 0.717) is 11.1 Å². The van der Waals surface area contributed by atoms with Crippen molar-refractivity contribution in [1.29, 1.82) is 0 Å². The Kier molecular flexibility index (Phi) is 2.83. The number of imide groups is 1. The van der Waals surface area contributed by atoms with Gasteiger partial charge in [-0.2, -0.15) is 0 Å². The monoisotopic (exact) mass is 268 g/mol. The summed E-state index contributed by atoms with van der Waals surface area (Å²) in [6, 6.07) is 6.93. The van der Waals surface area contributed by atoms with E-state index in [1.54, 1.807) is 30.6 Å². The first-order chi connectivity index (χ1) is 9.67. The molecule has 1 aromatic heterocycles. The predicted molar refractivity (Wildman–Crippen MR) is 75.3 cm³/mol. The minimum atomic E-state index is -0.365. The number of anilines is 3. The average Bonchev–Trinajstić information content (AvgIpc) is 2.74. The van der Waals surface area contributed by atoms with Crippen molar-refractivity contribution >= 4 is 28.9 Å². The Morgan fingerprint density at radius 2 is 1.70 bits per heavy atom. The molecule has 3 rings (SSSR count). The number of benzene rings is 1. The molecule has 0 spiro atoms. The maximum atomic E-state index is 11.6. The Balaban J connectivity index is 1.90. The molecular formula is C14H12N4O2. The van der Waals surface area contributed by atoms with Gasteiger partial charge in [-0.1, -0.05) is 0 Å². The highest BCUT2D eigenvalue weighted by Gasteiger charge is 2.26. The molecule has 2 aromatic rings. The number of nitrogens with one attached hydrogen (secondary N) is 3. The molecule has 2 heterocycles. The highest BCUT2D eigenvalue weighted by Crippen LogP contribution is 2.23. The maximum absolute atomic E-state index is 11.6. The summed E-state index contributed by atoms with van der Waals surface area (Å²) in [5, 5.41) is 8.41. The summed E-state index contributed by atoms with van der Waals surface area (Å²) < 4.78 is 0. The molecule has 1 aromatic carbocycles. The van der Waals surface area contributed by atoms with Gasteiger partial charge in [0, 0.05) is 12.7 Å². The van der Waals surface area contributed by atoms with E-state index in [9.17, 15) is 9.59 Å². The number of pyridine rings is 1. The third kappa shape index (κ3) is 2.07. The largest absolute Gasteiger partial charge is 0.387 e. The lowest BCUT2D eigenvalue weighted by Gasteiger charge is -2.08. The van der Waals surface area contributed by atoms with Crippen LogP contribution < -0.4 is 16.0 Å². The van der Waals surface area contributed by atoms with E-state index in [1.165, 1.54) is 0 Å². The molecule has 3 N–H and O–H groups in total. The molecular weight excluding hydrogens is 256 g/mol. The van der Waals surface area contributed by atoms with E-state index >= 15 is 0 Å². The molecule has 2 amide bonds. The molecule has 0 bridgehead atoms. The van der Waals surface area contributed by atoms with Crippen LogP contribution in [0.3, 0.4) is 0 Å². The van der Waals surface area contributed by atoms with Crippen LogP contribution in [-0.2, 0) is 0 Å². The van der Waals surface area contributed by atoms with Crippen LogP contribution in [0.5, 0.6) is 0 Å². The van der Waals surface area contributed by atoms with Gasteiger partial charge in [0.15, 0.2) is 0 Å². The van der Waals surface area contributed by atoms with Crippen molar-refractivity contribution in [3.8, 4) is 0 Å². The van der Waals surface area contributed by atoms with Gasteiger partial charge in [-0.15, -0.1) is 0 Å². The van der Waals surface area contributed by atoms with Crippen LogP contribution in [-0.4, -0.2) is 23.8 Å². The Bertz CT molecular complexity index is 712. The average molecular weight is 268 g/mol. The molecule has 100 valence electrons. The molecule has 1 aliphatic heterocycles. The van der Waals surface area contributed by atoms with Gasteiger partial charge in [0.05, 0.1) is 34.9 Å². The highest BCUT2D eigenvalue weighted by atomic mass is 16.2. The van der Waals surface area contributed by atoms with E-state index in [0.717, 1.165) is 17.1 Å². The van der Waals surface area contributed by atoms with Gasteiger partial charge in [0.2, 0.25) is 0 Å². The summed E-state index contributed by atoms with van der Waals surface area (Å²) in [6.07, 6.45) is 3.39. The number of carbonyl (C=O) groups excluding carboxylic acids is 2. The first kappa shape index (κ1) is 12.2. The lowest BCUT2D eigenvalue weighted by Crippen LogP contribution is -2.19. The van der Waals surface area contributed by atoms with E-state index in [4.69, 9.17) is 0 Å². The number of hydrogen-bond donors (Lipinski definition) is 3. The Labute approximate surface area is 115 Å². The highest BCUT2D eigenvalue weighted by molar-refractivity contribution is 6.21. The third-order valence-electron chi connectivity index (χ3n) is 3.05. The molecule has 6 heteroatoms. The predicted octanol–water partition coefficient (Wildman–Crippen LogP) is 1.75. The number of fused-ring (bicyclic) bond motifs is 1. The molecule has 0 saturated heterocycles. The summed E-state index contributed by atoms with van der Waals surface area (Å²) in [5.74, 6) is -0.717. The van der Waals surface area contributed by atoms with Crippen molar-refractivity contribution in [2.75, 3.05) is 17.7 Å². The molecule has 0 unspecified atom stereocenters. The number of nitrogens with zero attached hydrogens (tertiary/aromatic N) is 1. The number of hydrogen-bond acceptors (Lipinski definition) is 5. The first-order valence-electron chi connectivity index (χ1n) is 6.07. The van der Waals surface area contributed by atoms with E-state index in [-0.39, 0.29) is 11.8 Å². The Morgan fingerprint density at radius 1 is 0.950 bits per heavy atom. The number of carbonyl (C=O) groups is 2. The van der Waals surface area contributed by atoms with Crippen molar-refractivity contribution in [1.82, 2.24) is 10.3 Å². The second kappa shape index (κ2) is 4.65. The summed E-state index contributed by atoms with van der Waals surface area (Å²) in [5.41, 5.74) is 3.19. The van der Waals surface area contributed by atoms with Gasteiger partial charge in [0.1, 0.15) is 0 Å². The summed E-state index contributed by atoms with van der Waals surface area (Å²) in [4.78, 5) is 27.2. The van der Waals surface area contributed by atoms with Crippen LogP contribution in [0.25, 0.3) is 0 Å². The topological polar surface area (TPSA) is 83.1 Å². The van der Waals surface area contributed by atoms with Gasteiger partial charge in [-0.05, 0) is 24.3 Å². The van der Waals surface area contributed by atoms with Gasteiger partial charge in [0.25, 0.3) is 11.8 Å². The number of rotatable bonds is 3. The minimum Gasteiger partial charge on any atom is -0.387 e. The smallest absolute Gasteiger partial charge is 0.259 e.